The number of ether oxygens (including phenoxy) is 2. The zero-order valence-corrected chi connectivity index (χ0v) is 31.3. The van der Waals surface area contributed by atoms with E-state index < -0.39 is 12.0 Å². The molecule has 4 aromatic carbocycles. The number of hydrogen-bond acceptors (Lipinski definition) is 9. The first-order chi connectivity index (χ1) is 26.7. The molecular formula is C46H53NO8. The molecule has 0 unspecified atom stereocenters. The number of fused-ring (bicyclic) bond motifs is 1. The molecule has 3 saturated carbocycles. The van der Waals surface area contributed by atoms with Crippen LogP contribution >= 0.6 is 0 Å². The van der Waals surface area contributed by atoms with Crippen LogP contribution in [-0.2, 0) is 23.2 Å². The van der Waals surface area contributed by atoms with Gasteiger partial charge in [0.05, 0.1) is 6.10 Å². The van der Waals surface area contributed by atoms with Gasteiger partial charge in [0.1, 0.15) is 24.9 Å². The number of aliphatic hydroxyl groups is 1. The van der Waals surface area contributed by atoms with E-state index in [2.05, 4.69) is 30.3 Å². The quantitative estimate of drug-likeness (QED) is 0.0658. The zero-order valence-electron chi connectivity index (χ0n) is 31.3. The maximum absolute atomic E-state index is 14.2. The van der Waals surface area contributed by atoms with Gasteiger partial charge in [-0.25, -0.2) is 0 Å². The van der Waals surface area contributed by atoms with Crippen LogP contribution < -0.4 is 15.2 Å². The van der Waals surface area contributed by atoms with Crippen LogP contribution in [0.2, 0.25) is 0 Å². The normalized spacial score (nSPS) is 26.7. The lowest BCUT2D eigenvalue weighted by Crippen LogP contribution is -2.49. The van der Waals surface area contributed by atoms with Gasteiger partial charge in [0.25, 0.3) is 0 Å². The van der Waals surface area contributed by atoms with Crippen molar-refractivity contribution < 1.29 is 39.8 Å². The summed E-state index contributed by atoms with van der Waals surface area (Å²) >= 11 is 0. The number of nitrogens with two attached hydrogens (primary N) is 1. The second-order valence-electron chi connectivity index (χ2n) is 16.5. The average Bonchev–Trinajstić information content (AvgIpc) is 3.45. The van der Waals surface area contributed by atoms with Gasteiger partial charge in [-0.2, -0.15) is 0 Å². The fourth-order valence-corrected chi connectivity index (χ4v) is 11.4. The summed E-state index contributed by atoms with van der Waals surface area (Å²) in [5.41, 5.74) is 10.1. The van der Waals surface area contributed by atoms with Crippen LogP contribution in [0, 0.1) is 23.7 Å². The number of Topliss-reactive ketones (excluding diaryl/α,β-unsaturated/α-hetero) is 1. The van der Waals surface area contributed by atoms with Gasteiger partial charge in [-0.3, -0.25) is 10.5 Å². The van der Waals surface area contributed by atoms with Gasteiger partial charge in [-0.05, 0) is 133 Å². The topological polar surface area (TPSA) is 163 Å². The van der Waals surface area contributed by atoms with Gasteiger partial charge in [0.2, 0.25) is 5.75 Å². The molecule has 0 spiro atoms. The van der Waals surface area contributed by atoms with E-state index in [1.54, 1.807) is 42.5 Å². The standard InChI is InChI=1S/C46H53NO8/c47-26-55-39-21-27(13-17-37(39)50)12-16-36(49)33-15-14-29-22-30-23-35(46(18-5-2-6-19-46)31-9-3-1-4-10-31)42(41(29)43(33)52)34-24-38(51)44(53)45(40(30)34)54-25-28-8-7-11-32(48)20-28/h1,3-4,7-11,13,17,20-21,24,29-30,33,35,41-43,48,50-53H,2,5-6,12,14-16,18-19,22-23,25-26,47H2/t29-,30-,33-,35-,41+,42-,43-/m0/s1. The molecule has 5 aliphatic rings. The Hall–Kier alpha value is -4.73. The van der Waals surface area contributed by atoms with Gasteiger partial charge in [-0.15, -0.1) is 0 Å². The Labute approximate surface area is 322 Å². The van der Waals surface area contributed by atoms with Gasteiger partial charge < -0.3 is 35.0 Å². The number of ketones is 1. The SMILES string of the molecule is NCOc1cc(CCC(=O)[C@@H]2CC[C@H]3C[C@H]4C[C@H](C5(c6ccccc6)CCCCC5)[C@H](c5cc(O)c(O)c(OCc6cccc(O)c6)c54)[C@@H]3[C@H]2O)ccc1O. The van der Waals surface area contributed by atoms with E-state index in [0.29, 0.717) is 12.8 Å². The number of aryl methyl sites for hydroxylation is 1. The summed E-state index contributed by atoms with van der Waals surface area (Å²) in [7, 11) is 0. The number of benzene rings is 4. The number of phenolic OH excluding ortho intramolecular Hbond substituents is 4. The summed E-state index contributed by atoms with van der Waals surface area (Å²) in [6, 6.07) is 24.4. The number of carbonyl (C=O) groups is 1. The van der Waals surface area contributed by atoms with Gasteiger partial charge >= 0.3 is 0 Å². The molecule has 2 bridgehead atoms. The third-order valence-electron chi connectivity index (χ3n) is 13.7. The summed E-state index contributed by atoms with van der Waals surface area (Å²) < 4.78 is 11.8. The largest absolute Gasteiger partial charge is 0.508 e. The second-order valence-corrected chi connectivity index (χ2v) is 16.5. The van der Waals surface area contributed by atoms with Crippen LogP contribution in [0.5, 0.6) is 34.5 Å². The van der Waals surface area contributed by atoms with Crippen molar-refractivity contribution in [3.05, 3.63) is 107 Å². The molecule has 9 heteroatoms. The Morgan fingerprint density at radius 2 is 1.62 bits per heavy atom. The minimum Gasteiger partial charge on any atom is -0.508 e. The first kappa shape index (κ1) is 37.2. The lowest BCUT2D eigenvalue weighted by molar-refractivity contribution is -0.133. The zero-order chi connectivity index (χ0) is 38.3. The highest BCUT2D eigenvalue weighted by Gasteiger charge is 2.58. The van der Waals surface area contributed by atoms with Crippen molar-refractivity contribution in [1.29, 1.82) is 0 Å². The van der Waals surface area contributed by atoms with Crippen molar-refractivity contribution in [2.75, 3.05) is 6.73 Å². The third-order valence-corrected chi connectivity index (χ3v) is 13.7. The van der Waals surface area contributed by atoms with E-state index >= 15 is 0 Å². The van der Waals surface area contributed by atoms with Crippen LogP contribution in [0.15, 0.2) is 78.9 Å². The van der Waals surface area contributed by atoms with Crippen molar-refractivity contribution in [3.63, 3.8) is 0 Å². The Balaban J connectivity index is 1.19. The first-order valence-corrected chi connectivity index (χ1v) is 20.1. The van der Waals surface area contributed by atoms with Crippen LogP contribution in [0.3, 0.4) is 0 Å². The van der Waals surface area contributed by atoms with E-state index in [0.717, 1.165) is 67.2 Å². The summed E-state index contributed by atoms with van der Waals surface area (Å²) in [5, 5.41) is 55.8. The molecule has 0 heterocycles. The highest BCUT2D eigenvalue weighted by Crippen LogP contribution is 2.67. The van der Waals surface area contributed by atoms with Crippen LogP contribution in [-0.4, -0.2) is 44.2 Å². The smallest absolute Gasteiger partial charge is 0.200 e. The van der Waals surface area contributed by atoms with E-state index in [9.17, 15) is 30.3 Å². The fraction of sp³-hybridized carbons (Fsp3) is 0.457. The molecule has 9 rings (SSSR count). The maximum atomic E-state index is 14.2. The minimum atomic E-state index is -0.886. The van der Waals surface area contributed by atoms with Crippen molar-refractivity contribution in [3.8, 4) is 34.5 Å². The fourth-order valence-electron chi connectivity index (χ4n) is 11.4. The number of phenols is 4. The highest BCUT2D eigenvalue weighted by atomic mass is 16.5. The summed E-state index contributed by atoms with van der Waals surface area (Å²) in [6.45, 7) is 0.0204. The number of aromatic hydroxyl groups is 4. The Morgan fingerprint density at radius 3 is 2.38 bits per heavy atom. The first-order valence-electron chi connectivity index (χ1n) is 20.1. The molecule has 0 aliphatic heterocycles. The monoisotopic (exact) mass is 747 g/mol. The van der Waals surface area contributed by atoms with Crippen molar-refractivity contribution in [1.82, 2.24) is 0 Å². The third kappa shape index (κ3) is 6.90. The number of hydrogen-bond donors (Lipinski definition) is 6. The second kappa shape index (κ2) is 15.4. The predicted octanol–water partition coefficient (Wildman–Crippen LogP) is 8.08. The molecule has 0 amide bonds. The highest BCUT2D eigenvalue weighted by molar-refractivity contribution is 5.82. The summed E-state index contributed by atoms with van der Waals surface area (Å²) in [5.74, 6) is -0.530. The lowest BCUT2D eigenvalue weighted by atomic mass is 9.51. The van der Waals surface area contributed by atoms with Crippen LogP contribution in [0.1, 0.15) is 104 Å². The average molecular weight is 748 g/mol. The molecule has 0 radical (unpaired) electrons. The molecule has 290 valence electrons. The number of rotatable bonds is 11. The molecule has 5 aliphatic carbocycles. The van der Waals surface area contributed by atoms with E-state index in [1.807, 2.05) is 6.07 Å². The lowest BCUT2D eigenvalue weighted by Gasteiger charge is -2.53. The minimum absolute atomic E-state index is 0.00847. The van der Waals surface area contributed by atoms with E-state index in [-0.39, 0.29) is 95.0 Å². The van der Waals surface area contributed by atoms with Crippen LogP contribution in [0.4, 0.5) is 0 Å². The molecule has 7 N–H and O–H groups in total. The van der Waals surface area contributed by atoms with Crippen molar-refractivity contribution in [2.45, 2.75) is 101 Å². The predicted molar refractivity (Wildman–Crippen MR) is 208 cm³/mol. The van der Waals surface area contributed by atoms with Gasteiger partial charge in [0, 0.05) is 17.9 Å². The molecule has 3 fully saturated rings. The summed E-state index contributed by atoms with van der Waals surface area (Å²) in [6.07, 6.45) is 8.31. The maximum Gasteiger partial charge on any atom is 0.200 e. The van der Waals surface area contributed by atoms with Gasteiger partial charge in [-0.1, -0.05) is 67.8 Å². The Morgan fingerprint density at radius 1 is 0.818 bits per heavy atom. The van der Waals surface area contributed by atoms with Gasteiger partial charge in [0.15, 0.2) is 23.0 Å². The van der Waals surface area contributed by atoms with Crippen molar-refractivity contribution >= 4 is 5.78 Å². The van der Waals surface area contributed by atoms with Crippen molar-refractivity contribution in [2.24, 2.45) is 29.4 Å². The molecule has 0 saturated heterocycles. The van der Waals surface area contributed by atoms with E-state index in [1.165, 1.54) is 12.0 Å². The van der Waals surface area contributed by atoms with E-state index in [4.69, 9.17) is 15.2 Å². The molecule has 7 atom stereocenters. The molecular weight excluding hydrogens is 695 g/mol. The Kier molecular flexibility index (Phi) is 10.4. The number of carbonyl (C=O) groups excluding carboxylic acids is 1. The van der Waals surface area contributed by atoms with Crippen LogP contribution in [0.25, 0.3) is 0 Å². The molecule has 0 aromatic heterocycles. The number of aliphatic hydroxyl groups excluding tert-OH is 1. The summed E-state index contributed by atoms with van der Waals surface area (Å²) in [4.78, 5) is 14.2. The molecule has 4 aromatic rings. The Bertz CT molecular complexity index is 2010. The molecule has 55 heavy (non-hydrogen) atoms. The molecule has 9 nitrogen and oxygen atoms in total.